The third-order valence-electron chi connectivity index (χ3n) is 3.76. The van der Waals surface area contributed by atoms with Gasteiger partial charge in [-0.25, -0.2) is 4.98 Å². The first-order valence-electron chi connectivity index (χ1n) is 6.72. The number of rotatable bonds is 2. The van der Waals surface area contributed by atoms with Crippen molar-refractivity contribution in [1.82, 2.24) is 9.55 Å². The van der Waals surface area contributed by atoms with Crippen molar-refractivity contribution in [2.24, 2.45) is 0 Å². The summed E-state index contributed by atoms with van der Waals surface area (Å²) >= 11 is 3.42. The number of carbonyl (C=O) groups is 1. The van der Waals surface area contributed by atoms with Crippen molar-refractivity contribution in [3.05, 3.63) is 57.8 Å². The molecule has 3 nitrogen and oxygen atoms in total. The Labute approximate surface area is 131 Å². The van der Waals surface area contributed by atoms with Crippen LogP contribution in [0.1, 0.15) is 28.4 Å². The normalized spacial score (nSPS) is 11.0. The summed E-state index contributed by atoms with van der Waals surface area (Å²) in [6, 6.07) is 9.92. The SMILES string of the molecule is CC(=O)c1cc(Br)ccc1-n1cnc2cc(C)c(C)cc21. The molecule has 0 spiro atoms. The molecule has 0 fully saturated rings. The van der Waals surface area contributed by atoms with Gasteiger partial charge in [0.2, 0.25) is 0 Å². The van der Waals surface area contributed by atoms with E-state index in [4.69, 9.17) is 0 Å². The lowest BCUT2D eigenvalue weighted by Crippen LogP contribution is -2.02. The van der Waals surface area contributed by atoms with E-state index < -0.39 is 0 Å². The van der Waals surface area contributed by atoms with E-state index in [1.54, 1.807) is 13.3 Å². The number of imidazole rings is 1. The van der Waals surface area contributed by atoms with Gasteiger partial charge in [-0.1, -0.05) is 15.9 Å². The number of nitrogens with zero attached hydrogens (tertiary/aromatic N) is 2. The number of ketones is 1. The van der Waals surface area contributed by atoms with Crippen molar-refractivity contribution in [2.75, 3.05) is 0 Å². The summed E-state index contributed by atoms with van der Waals surface area (Å²) in [6.45, 7) is 5.74. The van der Waals surface area contributed by atoms with E-state index in [1.807, 2.05) is 22.8 Å². The van der Waals surface area contributed by atoms with Crippen LogP contribution in [0.4, 0.5) is 0 Å². The number of fused-ring (bicyclic) bond motifs is 1. The summed E-state index contributed by atoms with van der Waals surface area (Å²) in [7, 11) is 0. The average molecular weight is 343 g/mol. The van der Waals surface area contributed by atoms with E-state index in [2.05, 4.69) is 46.9 Å². The molecule has 0 N–H and O–H groups in total. The maximum absolute atomic E-state index is 11.9. The molecule has 4 heteroatoms. The van der Waals surface area contributed by atoms with Crippen molar-refractivity contribution in [1.29, 1.82) is 0 Å². The highest BCUT2D eigenvalue weighted by atomic mass is 79.9. The first-order chi connectivity index (χ1) is 9.97. The van der Waals surface area contributed by atoms with Crippen LogP contribution < -0.4 is 0 Å². The van der Waals surface area contributed by atoms with Crippen molar-refractivity contribution in [2.45, 2.75) is 20.8 Å². The predicted octanol–water partition coefficient (Wildman–Crippen LogP) is 4.61. The van der Waals surface area contributed by atoms with Crippen LogP contribution in [0.3, 0.4) is 0 Å². The fraction of sp³-hybridized carbons (Fsp3) is 0.176. The molecule has 0 aliphatic heterocycles. The molecule has 106 valence electrons. The van der Waals surface area contributed by atoms with E-state index in [1.165, 1.54) is 11.1 Å². The minimum Gasteiger partial charge on any atom is -0.298 e. The highest BCUT2D eigenvalue weighted by Crippen LogP contribution is 2.26. The van der Waals surface area contributed by atoms with Crippen molar-refractivity contribution >= 4 is 32.7 Å². The molecule has 0 aliphatic rings. The van der Waals surface area contributed by atoms with Crippen molar-refractivity contribution < 1.29 is 4.79 Å². The summed E-state index contributed by atoms with van der Waals surface area (Å²) in [5.74, 6) is 0.0389. The number of benzene rings is 2. The monoisotopic (exact) mass is 342 g/mol. The zero-order chi connectivity index (χ0) is 15.1. The number of aromatic nitrogens is 2. The maximum atomic E-state index is 11.9. The number of hydrogen-bond donors (Lipinski definition) is 0. The van der Waals surface area contributed by atoms with Crippen LogP contribution >= 0.6 is 15.9 Å². The number of carbonyl (C=O) groups excluding carboxylic acids is 1. The Balaban J connectivity index is 2.31. The van der Waals surface area contributed by atoms with E-state index in [0.717, 1.165) is 21.2 Å². The Bertz CT molecular complexity index is 865. The zero-order valence-corrected chi connectivity index (χ0v) is 13.7. The molecular weight excluding hydrogens is 328 g/mol. The molecule has 1 heterocycles. The van der Waals surface area contributed by atoms with E-state index in [0.29, 0.717) is 5.56 Å². The molecule has 1 aromatic heterocycles. The van der Waals surface area contributed by atoms with Crippen LogP contribution in [0.15, 0.2) is 41.1 Å². The molecule has 0 saturated carbocycles. The van der Waals surface area contributed by atoms with Crippen LogP contribution in [-0.4, -0.2) is 15.3 Å². The fourth-order valence-electron chi connectivity index (χ4n) is 2.46. The summed E-state index contributed by atoms with van der Waals surface area (Å²) in [4.78, 5) is 16.4. The molecule has 0 aliphatic carbocycles. The van der Waals surface area contributed by atoms with Crippen LogP contribution in [0, 0.1) is 13.8 Å². The van der Waals surface area contributed by atoms with E-state index in [9.17, 15) is 4.79 Å². The number of Topliss-reactive ketones (excluding diaryl/α,β-unsaturated/α-hetero) is 1. The topological polar surface area (TPSA) is 34.9 Å². The number of aryl methyl sites for hydroxylation is 2. The van der Waals surface area contributed by atoms with Crippen LogP contribution in [0.2, 0.25) is 0 Å². The maximum Gasteiger partial charge on any atom is 0.161 e. The summed E-state index contributed by atoms with van der Waals surface area (Å²) in [5.41, 5.74) is 5.93. The summed E-state index contributed by atoms with van der Waals surface area (Å²) in [6.07, 6.45) is 1.78. The second-order valence-electron chi connectivity index (χ2n) is 5.26. The minimum atomic E-state index is 0.0389. The Morgan fingerprint density at radius 2 is 1.86 bits per heavy atom. The summed E-state index contributed by atoms with van der Waals surface area (Å²) < 4.78 is 2.87. The van der Waals surface area contributed by atoms with Gasteiger partial charge in [-0.2, -0.15) is 0 Å². The summed E-state index contributed by atoms with van der Waals surface area (Å²) in [5, 5.41) is 0. The molecular formula is C17H15BrN2O. The quantitative estimate of drug-likeness (QED) is 0.637. The molecule has 21 heavy (non-hydrogen) atoms. The lowest BCUT2D eigenvalue weighted by atomic mass is 10.1. The van der Waals surface area contributed by atoms with Gasteiger partial charge in [0.1, 0.15) is 6.33 Å². The molecule has 0 amide bonds. The van der Waals surface area contributed by atoms with Gasteiger partial charge in [-0.05, 0) is 62.2 Å². The van der Waals surface area contributed by atoms with Gasteiger partial charge in [-0.15, -0.1) is 0 Å². The lowest BCUT2D eigenvalue weighted by Gasteiger charge is -2.10. The van der Waals surface area contributed by atoms with Crippen LogP contribution in [0.5, 0.6) is 0 Å². The highest BCUT2D eigenvalue weighted by Gasteiger charge is 2.13. The van der Waals surface area contributed by atoms with E-state index in [-0.39, 0.29) is 5.78 Å². The van der Waals surface area contributed by atoms with Gasteiger partial charge in [0, 0.05) is 10.0 Å². The molecule has 3 aromatic rings. The molecule has 0 saturated heterocycles. The Morgan fingerprint density at radius 3 is 2.57 bits per heavy atom. The molecule has 0 unspecified atom stereocenters. The third-order valence-corrected chi connectivity index (χ3v) is 4.25. The van der Waals surface area contributed by atoms with Gasteiger partial charge >= 0.3 is 0 Å². The number of halogens is 1. The molecule has 3 rings (SSSR count). The molecule has 0 radical (unpaired) electrons. The Kier molecular flexibility index (Phi) is 3.41. The van der Waals surface area contributed by atoms with Gasteiger partial charge in [0.25, 0.3) is 0 Å². The highest BCUT2D eigenvalue weighted by molar-refractivity contribution is 9.10. The van der Waals surface area contributed by atoms with Crippen LogP contribution in [-0.2, 0) is 0 Å². The minimum absolute atomic E-state index is 0.0389. The predicted molar refractivity (Wildman–Crippen MR) is 88.2 cm³/mol. The zero-order valence-electron chi connectivity index (χ0n) is 12.1. The van der Waals surface area contributed by atoms with Gasteiger partial charge in [-0.3, -0.25) is 9.36 Å². The van der Waals surface area contributed by atoms with Crippen molar-refractivity contribution in [3.63, 3.8) is 0 Å². The standard InChI is InChI=1S/C17H15BrN2O/c1-10-6-15-17(7-11(10)2)20(9-19-15)16-5-4-13(18)8-14(16)12(3)21/h4-9H,1-3H3. The van der Waals surface area contributed by atoms with E-state index >= 15 is 0 Å². The first-order valence-corrected chi connectivity index (χ1v) is 7.52. The molecule has 2 aromatic carbocycles. The van der Waals surface area contributed by atoms with Gasteiger partial charge < -0.3 is 0 Å². The average Bonchev–Trinajstić information content (AvgIpc) is 2.82. The van der Waals surface area contributed by atoms with Crippen molar-refractivity contribution in [3.8, 4) is 5.69 Å². The van der Waals surface area contributed by atoms with Crippen LogP contribution in [0.25, 0.3) is 16.7 Å². The first kappa shape index (κ1) is 14.0. The second kappa shape index (κ2) is 5.11. The third kappa shape index (κ3) is 2.40. The van der Waals surface area contributed by atoms with Gasteiger partial charge in [0.05, 0.1) is 16.7 Å². The fourth-order valence-corrected chi connectivity index (χ4v) is 2.82. The molecule has 0 atom stereocenters. The smallest absolute Gasteiger partial charge is 0.161 e. The Morgan fingerprint density at radius 1 is 1.14 bits per heavy atom. The largest absolute Gasteiger partial charge is 0.298 e. The lowest BCUT2D eigenvalue weighted by molar-refractivity contribution is 0.101. The molecule has 0 bridgehead atoms. The van der Waals surface area contributed by atoms with Gasteiger partial charge in [0.15, 0.2) is 5.78 Å². The number of hydrogen-bond acceptors (Lipinski definition) is 2. The second-order valence-corrected chi connectivity index (χ2v) is 6.17. The Hall–Kier alpha value is -1.94.